The number of likely N-dealkylation sites (N-methyl/N-ethyl adjacent to an activating group) is 1. The number of nitrogens with two attached hydrogens (primary N) is 1. The van der Waals surface area contributed by atoms with E-state index in [2.05, 4.69) is 0 Å². The molecule has 0 saturated carbocycles. The van der Waals surface area contributed by atoms with Crippen LogP contribution in [0.4, 0.5) is 17.6 Å². The van der Waals surface area contributed by atoms with Gasteiger partial charge in [0.15, 0.2) is 0 Å². The second-order valence-corrected chi connectivity index (χ2v) is 6.72. The first kappa shape index (κ1) is 24.3. The number of nitrogens with zero attached hydrogens (tertiary/aromatic N) is 2. The lowest BCUT2D eigenvalue weighted by Gasteiger charge is -2.35. The van der Waals surface area contributed by atoms with Crippen LogP contribution in [0, 0.1) is 11.7 Å². The van der Waals surface area contributed by atoms with Crippen LogP contribution in [0.15, 0.2) is 24.3 Å². The second-order valence-electron chi connectivity index (χ2n) is 6.72. The molecule has 0 bridgehead atoms. The van der Waals surface area contributed by atoms with Gasteiger partial charge in [0.2, 0.25) is 11.8 Å². The lowest BCUT2D eigenvalue weighted by atomic mass is 9.95. The summed E-state index contributed by atoms with van der Waals surface area (Å²) >= 11 is 0. The number of carboxylic acid groups (broad SMARTS) is 1. The van der Waals surface area contributed by atoms with Crippen LogP contribution in [0.1, 0.15) is 24.4 Å². The van der Waals surface area contributed by atoms with Crippen molar-refractivity contribution >= 4 is 17.8 Å². The molecule has 1 aliphatic heterocycles. The van der Waals surface area contributed by atoms with Crippen molar-refractivity contribution in [2.75, 3.05) is 27.2 Å². The minimum atomic E-state index is -5.08. The van der Waals surface area contributed by atoms with Crippen LogP contribution < -0.4 is 5.73 Å². The van der Waals surface area contributed by atoms with E-state index in [1.165, 1.54) is 6.07 Å². The van der Waals surface area contributed by atoms with E-state index in [-0.39, 0.29) is 17.7 Å². The maximum atomic E-state index is 14.1. The molecule has 11 heteroatoms. The van der Waals surface area contributed by atoms with E-state index in [1.54, 1.807) is 42.1 Å². The Morgan fingerprint density at radius 3 is 2.24 bits per heavy atom. The summed E-state index contributed by atoms with van der Waals surface area (Å²) < 4.78 is 45.8. The molecule has 1 fully saturated rings. The van der Waals surface area contributed by atoms with Crippen LogP contribution >= 0.6 is 0 Å². The fraction of sp³-hybridized carbons (Fsp3) is 0.500. The molecule has 3 N–H and O–H groups in total. The molecule has 0 radical (unpaired) electrons. The molecular weight excluding hydrogens is 398 g/mol. The monoisotopic (exact) mass is 421 g/mol. The van der Waals surface area contributed by atoms with Crippen molar-refractivity contribution in [3.8, 4) is 0 Å². The normalized spacial score (nSPS) is 17.9. The number of hydrogen-bond donors (Lipinski definition) is 2. The Labute approximate surface area is 165 Å². The zero-order chi connectivity index (χ0) is 22.4. The van der Waals surface area contributed by atoms with Gasteiger partial charge in [-0.2, -0.15) is 13.2 Å². The zero-order valence-corrected chi connectivity index (χ0v) is 15.9. The molecule has 29 heavy (non-hydrogen) atoms. The minimum absolute atomic E-state index is 0.193. The highest BCUT2D eigenvalue weighted by atomic mass is 19.4. The van der Waals surface area contributed by atoms with Crippen LogP contribution in [0.25, 0.3) is 0 Å². The Morgan fingerprint density at radius 2 is 1.79 bits per heavy atom. The number of likely N-dealkylation sites (tertiary alicyclic amines) is 1. The largest absolute Gasteiger partial charge is 0.490 e. The topological polar surface area (TPSA) is 104 Å². The van der Waals surface area contributed by atoms with Gasteiger partial charge in [0.25, 0.3) is 0 Å². The molecule has 2 amide bonds. The molecule has 162 valence electrons. The van der Waals surface area contributed by atoms with Crippen molar-refractivity contribution in [1.29, 1.82) is 0 Å². The van der Waals surface area contributed by atoms with Gasteiger partial charge in [0.05, 0.1) is 5.92 Å². The summed E-state index contributed by atoms with van der Waals surface area (Å²) in [6, 6.07) is 5.58. The third kappa shape index (κ3) is 7.00. The van der Waals surface area contributed by atoms with Gasteiger partial charge in [-0.05, 0) is 33.0 Å². The van der Waals surface area contributed by atoms with Gasteiger partial charge in [-0.25, -0.2) is 9.18 Å². The first-order valence-corrected chi connectivity index (χ1v) is 8.65. The predicted octanol–water partition coefficient (Wildman–Crippen LogP) is 1.79. The minimum Gasteiger partial charge on any atom is -0.475 e. The van der Waals surface area contributed by atoms with E-state index in [0.717, 1.165) is 6.42 Å². The summed E-state index contributed by atoms with van der Waals surface area (Å²) in [7, 11) is 3.48. The number of rotatable bonds is 4. The van der Waals surface area contributed by atoms with E-state index >= 15 is 0 Å². The number of hydrogen-bond acceptors (Lipinski definition) is 4. The molecule has 1 aliphatic rings. The molecule has 1 aromatic carbocycles. The SMILES string of the molecule is CN(C)C(C(=O)N1CCCC(C(N)=O)C1)c1ccccc1F.O=C(O)C(F)(F)F. The van der Waals surface area contributed by atoms with Crippen molar-refractivity contribution in [3.05, 3.63) is 35.6 Å². The average molecular weight is 421 g/mol. The van der Waals surface area contributed by atoms with Gasteiger partial charge in [-0.15, -0.1) is 0 Å². The number of halogens is 4. The quantitative estimate of drug-likeness (QED) is 0.722. The predicted molar refractivity (Wildman–Crippen MR) is 95.0 cm³/mol. The third-order valence-corrected chi connectivity index (χ3v) is 4.33. The van der Waals surface area contributed by atoms with Crippen LogP contribution in [-0.4, -0.2) is 66.1 Å². The van der Waals surface area contributed by atoms with Crippen molar-refractivity contribution in [1.82, 2.24) is 9.80 Å². The van der Waals surface area contributed by atoms with Gasteiger partial charge < -0.3 is 15.7 Å². The molecule has 0 aliphatic carbocycles. The summed E-state index contributed by atoms with van der Waals surface area (Å²) in [4.78, 5) is 36.4. The van der Waals surface area contributed by atoms with E-state index in [9.17, 15) is 27.2 Å². The highest BCUT2D eigenvalue weighted by molar-refractivity contribution is 5.84. The number of carboxylic acids is 1. The van der Waals surface area contributed by atoms with E-state index in [0.29, 0.717) is 25.1 Å². The summed E-state index contributed by atoms with van der Waals surface area (Å²) in [6.45, 7) is 0.883. The smallest absolute Gasteiger partial charge is 0.475 e. The van der Waals surface area contributed by atoms with Crippen LogP contribution in [-0.2, 0) is 14.4 Å². The Morgan fingerprint density at radius 1 is 1.24 bits per heavy atom. The number of benzene rings is 1. The second kappa shape index (κ2) is 10.2. The summed E-state index contributed by atoms with van der Waals surface area (Å²) in [5.41, 5.74) is 5.70. The van der Waals surface area contributed by atoms with Crippen molar-refractivity contribution < 1.29 is 37.1 Å². The summed E-state index contributed by atoms with van der Waals surface area (Å²) in [5, 5.41) is 7.12. The van der Waals surface area contributed by atoms with Crippen LogP contribution in [0.5, 0.6) is 0 Å². The molecule has 2 rings (SSSR count). The van der Waals surface area contributed by atoms with Crippen molar-refractivity contribution in [2.24, 2.45) is 11.7 Å². The van der Waals surface area contributed by atoms with E-state index < -0.39 is 24.0 Å². The molecule has 2 atom stereocenters. The Hall–Kier alpha value is -2.69. The van der Waals surface area contributed by atoms with Gasteiger partial charge in [0.1, 0.15) is 11.9 Å². The number of piperidine rings is 1. The lowest BCUT2D eigenvalue weighted by molar-refractivity contribution is -0.192. The zero-order valence-electron chi connectivity index (χ0n) is 15.9. The molecular formula is C18H23F4N3O4. The fourth-order valence-corrected chi connectivity index (χ4v) is 2.91. The Bertz CT molecular complexity index is 740. The first-order valence-electron chi connectivity index (χ1n) is 8.65. The highest BCUT2D eigenvalue weighted by Gasteiger charge is 2.38. The standard InChI is InChI=1S/C16H22FN3O2.C2HF3O2/c1-19(2)14(12-7-3-4-8-13(12)17)16(22)20-9-5-6-11(10-20)15(18)21;3-2(4,5)1(6)7/h3-4,7-8,11,14H,5-6,9-10H2,1-2H3,(H2,18,21);(H,6,7). The Kier molecular flexibility index (Phi) is 8.56. The first-order chi connectivity index (χ1) is 13.4. The van der Waals surface area contributed by atoms with Gasteiger partial charge in [-0.1, -0.05) is 18.2 Å². The Balaban J connectivity index is 0.000000516. The third-order valence-electron chi connectivity index (χ3n) is 4.33. The highest BCUT2D eigenvalue weighted by Crippen LogP contribution is 2.26. The van der Waals surface area contributed by atoms with E-state index in [4.69, 9.17) is 15.6 Å². The lowest BCUT2D eigenvalue weighted by Crippen LogP contribution is -2.48. The molecule has 0 spiro atoms. The molecule has 7 nitrogen and oxygen atoms in total. The van der Waals surface area contributed by atoms with Gasteiger partial charge in [0, 0.05) is 18.7 Å². The number of carbonyl (C=O) groups is 3. The number of aliphatic carboxylic acids is 1. The van der Waals surface area contributed by atoms with Gasteiger partial charge in [-0.3, -0.25) is 14.5 Å². The van der Waals surface area contributed by atoms with Crippen molar-refractivity contribution in [2.45, 2.75) is 25.1 Å². The summed E-state index contributed by atoms with van der Waals surface area (Å²) in [5.74, 6) is -4.06. The molecule has 1 saturated heterocycles. The van der Waals surface area contributed by atoms with Crippen molar-refractivity contribution in [3.63, 3.8) is 0 Å². The number of amides is 2. The number of alkyl halides is 3. The van der Waals surface area contributed by atoms with Crippen LogP contribution in [0.2, 0.25) is 0 Å². The maximum absolute atomic E-state index is 14.1. The number of primary amides is 1. The fourth-order valence-electron chi connectivity index (χ4n) is 2.91. The molecule has 1 aromatic rings. The maximum Gasteiger partial charge on any atom is 0.490 e. The van der Waals surface area contributed by atoms with Gasteiger partial charge >= 0.3 is 12.1 Å². The molecule has 2 unspecified atom stereocenters. The average Bonchev–Trinajstić information content (AvgIpc) is 2.63. The van der Waals surface area contributed by atoms with E-state index in [1.807, 2.05) is 0 Å². The summed E-state index contributed by atoms with van der Waals surface area (Å²) in [6.07, 6.45) is -3.65. The molecule has 1 heterocycles. The number of carbonyl (C=O) groups excluding carboxylic acids is 2. The molecule has 0 aromatic heterocycles. The van der Waals surface area contributed by atoms with Crippen LogP contribution in [0.3, 0.4) is 0 Å².